The topological polar surface area (TPSA) is 0 Å². The van der Waals surface area contributed by atoms with Gasteiger partial charge in [-0.15, -0.1) is 0 Å². The fraction of sp³-hybridized carbons (Fsp3) is 0.0612. The highest BCUT2D eigenvalue weighted by atomic mass is 14.3. The maximum absolute atomic E-state index is 4.16. The van der Waals surface area contributed by atoms with Gasteiger partial charge in [0.25, 0.3) is 0 Å². The van der Waals surface area contributed by atoms with Gasteiger partial charge in [-0.3, -0.25) is 0 Å². The lowest BCUT2D eigenvalue weighted by Crippen LogP contribution is -1.93. The molecule has 9 rings (SSSR count). The molecule has 0 unspecified atom stereocenters. The summed E-state index contributed by atoms with van der Waals surface area (Å²) in [5.41, 5.74) is 20.3. The summed E-state index contributed by atoms with van der Waals surface area (Å²) < 4.78 is 0. The van der Waals surface area contributed by atoms with Gasteiger partial charge in [0, 0.05) is 0 Å². The number of rotatable bonds is 5. The monoisotopic (exact) mass is 624 g/mol. The van der Waals surface area contributed by atoms with Gasteiger partial charge in [-0.2, -0.15) is 0 Å². The standard InChI is InChI=1S/C49H36/c1-30(2)37-28-31(3)44(32(4)29-37)36-24-22-33(23-25-36)38-26-27-43-47-39(38)20-13-21-42(47)48-45(34-14-7-5-8-15-34)40-18-11-12-19-41(40)46(49(43)48)35-16-9-6-10-17-35/h5-29H,1H2,2-4H3. The van der Waals surface area contributed by atoms with Crippen LogP contribution in [0.1, 0.15) is 23.6 Å². The van der Waals surface area contributed by atoms with Crippen LogP contribution >= 0.6 is 0 Å². The average molecular weight is 625 g/mol. The van der Waals surface area contributed by atoms with Crippen molar-refractivity contribution >= 4 is 27.1 Å². The van der Waals surface area contributed by atoms with E-state index in [9.17, 15) is 0 Å². The van der Waals surface area contributed by atoms with Crippen molar-refractivity contribution in [3.8, 4) is 66.8 Å². The van der Waals surface area contributed by atoms with Crippen molar-refractivity contribution in [3.63, 3.8) is 0 Å². The van der Waals surface area contributed by atoms with E-state index in [2.05, 4.69) is 179 Å². The molecule has 0 heteroatoms. The summed E-state index contributed by atoms with van der Waals surface area (Å²) in [5.74, 6) is 0. The molecule has 0 amide bonds. The normalized spacial score (nSPS) is 11.7. The van der Waals surface area contributed by atoms with Crippen molar-refractivity contribution < 1.29 is 0 Å². The molecular weight excluding hydrogens is 589 g/mol. The molecule has 0 fully saturated rings. The van der Waals surface area contributed by atoms with Gasteiger partial charge >= 0.3 is 0 Å². The molecule has 0 atom stereocenters. The van der Waals surface area contributed by atoms with E-state index in [0.29, 0.717) is 0 Å². The molecule has 0 radical (unpaired) electrons. The van der Waals surface area contributed by atoms with Crippen LogP contribution < -0.4 is 0 Å². The summed E-state index contributed by atoms with van der Waals surface area (Å²) in [7, 11) is 0. The van der Waals surface area contributed by atoms with Gasteiger partial charge in [-0.25, -0.2) is 0 Å². The summed E-state index contributed by atoms with van der Waals surface area (Å²) in [4.78, 5) is 0. The van der Waals surface area contributed by atoms with Gasteiger partial charge < -0.3 is 0 Å². The second-order valence-corrected chi connectivity index (χ2v) is 13.5. The van der Waals surface area contributed by atoms with Crippen LogP contribution in [0, 0.1) is 13.8 Å². The molecule has 8 aromatic carbocycles. The zero-order chi connectivity index (χ0) is 33.2. The van der Waals surface area contributed by atoms with Gasteiger partial charge in [0.1, 0.15) is 0 Å². The fourth-order valence-electron chi connectivity index (χ4n) is 8.34. The van der Waals surface area contributed by atoms with E-state index < -0.39 is 0 Å². The molecule has 1 aliphatic rings. The molecule has 0 saturated carbocycles. The van der Waals surface area contributed by atoms with Gasteiger partial charge in [0.05, 0.1) is 0 Å². The predicted molar refractivity (Wildman–Crippen MR) is 212 cm³/mol. The van der Waals surface area contributed by atoms with Crippen molar-refractivity contribution in [1.82, 2.24) is 0 Å². The second-order valence-electron chi connectivity index (χ2n) is 13.5. The molecule has 0 spiro atoms. The van der Waals surface area contributed by atoms with Crippen LogP contribution in [0.2, 0.25) is 0 Å². The number of hydrogen-bond donors (Lipinski definition) is 0. The maximum Gasteiger partial charge on any atom is -0.000741 e. The number of hydrogen-bond acceptors (Lipinski definition) is 0. The third kappa shape index (κ3) is 4.52. The highest BCUT2D eigenvalue weighted by Crippen LogP contribution is 2.58. The fourth-order valence-corrected chi connectivity index (χ4v) is 8.34. The zero-order valence-electron chi connectivity index (χ0n) is 28.1. The summed E-state index contributed by atoms with van der Waals surface area (Å²) >= 11 is 0. The van der Waals surface area contributed by atoms with Gasteiger partial charge in [-0.05, 0) is 126 Å². The average Bonchev–Trinajstić information content (AvgIpc) is 3.46. The summed E-state index contributed by atoms with van der Waals surface area (Å²) in [6.07, 6.45) is 0. The van der Waals surface area contributed by atoms with Crippen LogP contribution in [0.25, 0.3) is 93.9 Å². The maximum atomic E-state index is 4.16. The molecule has 49 heavy (non-hydrogen) atoms. The van der Waals surface area contributed by atoms with E-state index >= 15 is 0 Å². The van der Waals surface area contributed by atoms with Crippen molar-refractivity contribution in [2.75, 3.05) is 0 Å². The minimum absolute atomic E-state index is 1.10. The first kappa shape index (κ1) is 29.2. The minimum Gasteiger partial charge on any atom is -0.0955 e. The van der Waals surface area contributed by atoms with E-state index in [1.54, 1.807) is 0 Å². The number of fused-ring (bicyclic) bond motifs is 4. The summed E-state index contributed by atoms with van der Waals surface area (Å²) in [6.45, 7) is 10.7. The number of aryl methyl sites for hydroxylation is 2. The van der Waals surface area contributed by atoms with E-state index in [4.69, 9.17) is 0 Å². The van der Waals surface area contributed by atoms with Gasteiger partial charge in [0.15, 0.2) is 0 Å². The molecule has 8 aromatic rings. The van der Waals surface area contributed by atoms with Crippen LogP contribution in [0.5, 0.6) is 0 Å². The van der Waals surface area contributed by atoms with Crippen molar-refractivity contribution in [1.29, 1.82) is 0 Å². The van der Waals surface area contributed by atoms with E-state index in [-0.39, 0.29) is 0 Å². The zero-order valence-corrected chi connectivity index (χ0v) is 28.1. The molecule has 0 heterocycles. The minimum atomic E-state index is 1.10. The Hall–Kier alpha value is -5.98. The first-order valence-electron chi connectivity index (χ1n) is 17.1. The number of allylic oxidation sites excluding steroid dienone is 1. The highest BCUT2D eigenvalue weighted by Gasteiger charge is 2.31. The molecule has 232 valence electrons. The van der Waals surface area contributed by atoms with Crippen molar-refractivity contribution in [3.05, 3.63) is 175 Å². The summed E-state index contributed by atoms with van der Waals surface area (Å²) in [5, 5.41) is 5.20. The molecule has 1 aliphatic carbocycles. The predicted octanol–water partition coefficient (Wildman–Crippen LogP) is 14.0. The van der Waals surface area contributed by atoms with Crippen LogP contribution in [0.4, 0.5) is 0 Å². The lowest BCUT2D eigenvalue weighted by Gasteiger charge is -2.20. The van der Waals surface area contributed by atoms with Gasteiger partial charge in [-0.1, -0.05) is 164 Å². The molecule has 0 nitrogen and oxygen atoms in total. The lowest BCUT2D eigenvalue weighted by molar-refractivity contribution is 1.36. The molecule has 0 aliphatic heterocycles. The Balaban J connectivity index is 1.28. The Morgan fingerprint density at radius 2 is 0.837 bits per heavy atom. The Kier molecular flexibility index (Phi) is 6.74. The highest BCUT2D eigenvalue weighted by molar-refractivity contribution is 6.28. The quantitative estimate of drug-likeness (QED) is 0.179. The Labute approximate surface area is 288 Å². The van der Waals surface area contributed by atoms with E-state index in [1.807, 2.05) is 0 Å². The number of benzene rings is 8. The summed E-state index contributed by atoms with van der Waals surface area (Å²) in [6, 6.07) is 56.1. The van der Waals surface area contributed by atoms with Crippen LogP contribution in [0.3, 0.4) is 0 Å². The Morgan fingerprint density at radius 3 is 1.39 bits per heavy atom. The van der Waals surface area contributed by atoms with Crippen molar-refractivity contribution in [2.24, 2.45) is 0 Å². The second kappa shape index (κ2) is 11.3. The third-order valence-corrected chi connectivity index (χ3v) is 10.4. The third-order valence-electron chi connectivity index (χ3n) is 10.4. The molecule has 0 aromatic heterocycles. The van der Waals surface area contributed by atoms with Crippen LogP contribution in [-0.4, -0.2) is 0 Å². The molecule has 0 N–H and O–H groups in total. The Morgan fingerprint density at radius 1 is 0.388 bits per heavy atom. The Bertz CT molecular complexity index is 2490. The van der Waals surface area contributed by atoms with E-state index in [0.717, 1.165) is 5.57 Å². The van der Waals surface area contributed by atoms with Crippen LogP contribution in [-0.2, 0) is 0 Å². The first-order valence-corrected chi connectivity index (χ1v) is 17.1. The molecular formula is C49H36. The first-order chi connectivity index (χ1) is 24.0. The molecule has 0 saturated heterocycles. The van der Waals surface area contributed by atoms with Gasteiger partial charge in [0.2, 0.25) is 0 Å². The SMILES string of the molecule is C=C(C)c1cc(C)c(-c2ccc(-c3ccc4c5c(cccc35)-c3c-4c(-c4ccccc4)c4ccccc4c3-c3ccccc3)cc2)c(C)c1. The lowest BCUT2D eigenvalue weighted by atomic mass is 9.82. The van der Waals surface area contributed by atoms with Crippen molar-refractivity contribution in [2.45, 2.75) is 20.8 Å². The van der Waals surface area contributed by atoms with E-state index in [1.165, 1.54) is 105 Å². The van der Waals surface area contributed by atoms with Crippen LogP contribution in [0.15, 0.2) is 158 Å². The smallest absolute Gasteiger partial charge is 0.000741 e. The largest absolute Gasteiger partial charge is 0.0955 e. The molecule has 0 bridgehead atoms.